The molecule has 1 aliphatic heterocycles. The van der Waals surface area contributed by atoms with E-state index in [1.165, 1.54) is 35.6 Å². The van der Waals surface area contributed by atoms with Crippen molar-refractivity contribution in [2.75, 3.05) is 6.61 Å². The van der Waals surface area contributed by atoms with Crippen LogP contribution in [0.4, 0.5) is 4.79 Å². The average Bonchev–Trinajstić information content (AvgIpc) is 3.11. The van der Waals surface area contributed by atoms with Gasteiger partial charge in [0.05, 0.1) is 23.1 Å². The van der Waals surface area contributed by atoms with E-state index >= 15 is 0 Å². The highest BCUT2D eigenvalue weighted by Crippen LogP contribution is 2.38. The molecule has 0 bridgehead atoms. The lowest BCUT2D eigenvalue weighted by Crippen LogP contribution is -2.86. The van der Waals surface area contributed by atoms with Gasteiger partial charge in [0, 0.05) is 18.0 Å². The highest BCUT2D eigenvalue weighted by Gasteiger charge is 2.71. The van der Waals surface area contributed by atoms with Crippen molar-refractivity contribution in [2.45, 2.75) is 79.7 Å². The summed E-state index contributed by atoms with van der Waals surface area (Å²) in [6.45, 7) is -0.256. The predicted octanol–water partition coefficient (Wildman–Crippen LogP) is -5.50. The van der Waals surface area contributed by atoms with E-state index in [0.29, 0.717) is 5.56 Å². The third-order valence-corrected chi connectivity index (χ3v) is 9.50. The molecule has 0 spiro atoms. The Labute approximate surface area is 327 Å². The summed E-state index contributed by atoms with van der Waals surface area (Å²) in [7, 11) is 0. The van der Waals surface area contributed by atoms with Crippen LogP contribution in [0, 0.1) is 5.92 Å². The minimum absolute atomic E-state index is 0.152. The highest BCUT2D eigenvalue weighted by molar-refractivity contribution is 5.88. The number of rotatable bonds is 17. The number of aliphatic hydroxyl groups is 15. The molecule has 1 aliphatic rings. The van der Waals surface area contributed by atoms with Crippen LogP contribution in [-0.2, 0) is 33.7 Å². The lowest BCUT2D eigenvalue weighted by molar-refractivity contribution is -0.495. The number of ketones is 1. The molecule has 17 N–H and O–H groups in total. The van der Waals surface area contributed by atoms with Gasteiger partial charge in [-0.3, -0.25) is 19.8 Å². The molecule has 22 nitrogen and oxygen atoms in total. The zero-order valence-electron chi connectivity index (χ0n) is 30.4. The van der Waals surface area contributed by atoms with Crippen molar-refractivity contribution >= 4 is 17.7 Å². The van der Waals surface area contributed by atoms with Gasteiger partial charge in [0.2, 0.25) is 5.91 Å². The summed E-state index contributed by atoms with van der Waals surface area (Å²) in [4.78, 5) is 39.5. The van der Waals surface area contributed by atoms with Crippen LogP contribution >= 0.6 is 0 Å². The Hall–Kier alpha value is -4.73. The van der Waals surface area contributed by atoms with Crippen molar-refractivity contribution in [3.8, 4) is 5.75 Å². The Morgan fingerprint density at radius 3 is 1.83 bits per heavy atom. The normalized spacial score (nSPS) is 18.7. The van der Waals surface area contributed by atoms with Crippen LogP contribution in [0.5, 0.6) is 5.75 Å². The summed E-state index contributed by atoms with van der Waals surface area (Å²) in [5, 5.41) is 158. The van der Waals surface area contributed by atoms with Crippen LogP contribution in [0.25, 0.3) is 0 Å². The number of nitrogens with zero attached hydrogens (tertiary/aromatic N) is 1. The highest BCUT2D eigenvalue weighted by atomic mass is 16.7. The maximum atomic E-state index is 13.6. The zero-order chi connectivity index (χ0) is 43.6. The number of ether oxygens (including phenoxy) is 1. The molecule has 3 amide bonds. The monoisotopic (exact) mass is 823 g/mol. The van der Waals surface area contributed by atoms with Gasteiger partial charge in [-0.1, -0.05) is 66.7 Å². The van der Waals surface area contributed by atoms with Crippen molar-refractivity contribution in [3.63, 3.8) is 0 Å². The van der Waals surface area contributed by atoms with Gasteiger partial charge in [0.25, 0.3) is 0 Å². The number of benzene rings is 3. The van der Waals surface area contributed by atoms with Gasteiger partial charge >= 0.3 is 35.6 Å². The van der Waals surface area contributed by atoms with Crippen LogP contribution in [0.15, 0.2) is 78.9 Å². The Balaban J connectivity index is 1.66. The molecule has 3 aromatic rings. The first-order chi connectivity index (χ1) is 26.6. The number of carbonyl (C=O) groups excluding carboxylic acids is 3. The van der Waals surface area contributed by atoms with E-state index in [0.717, 1.165) is 25.1 Å². The van der Waals surface area contributed by atoms with Gasteiger partial charge in [-0.25, -0.2) is 4.79 Å². The van der Waals surface area contributed by atoms with Gasteiger partial charge < -0.3 is 86.7 Å². The Morgan fingerprint density at radius 1 is 0.793 bits per heavy atom. The molecule has 0 aromatic heterocycles. The lowest BCUT2D eigenvalue weighted by atomic mass is 9.81. The molecule has 1 heterocycles. The van der Waals surface area contributed by atoms with Gasteiger partial charge in [0.1, 0.15) is 18.4 Å². The number of amides is 3. The molecule has 0 radical (unpaired) electrons. The van der Waals surface area contributed by atoms with Crippen LogP contribution in [0.2, 0.25) is 0 Å². The van der Waals surface area contributed by atoms with E-state index in [-0.39, 0.29) is 16.9 Å². The number of carbonyl (C=O) groups is 3. The predicted molar refractivity (Wildman–Crippen MR) is 188 cm³/mol. The van der Waals surface area contributed by atoms with Crippen LogP contribution < -0.4 is 15.4 Å². The SMILES string of the molecule is CC(C(=O)NC(Cc1ccccc1)CC(O)C(CC(=O)COc1c(C(O)(O)O)cccc1C(O)(O)O)C(O)(O)c1ccccc1)N1C(=O)NC(O)(O)C(O)(O)C1(O)O. The van der Waals surface area contributed by atoms with Crippen molar-refractivity contribution in [1.29, 1.82) is 0 Å². The van der Waals surface area contributed by atoms with Crippen LogP contribution in [0.3, 0.4) is 0 Å². The molecule has 22 heteroatoms. The average molecular weight is 824 g/mol. The van der Waals surface area contributed by atoms with Crippen molar-refractivity contribution in [2.24, 2.45) is 5.92 Å². The van der Waals surface area contributed by atoms with Gasteiger partial charge in [-0.15, -0.1) is 0 Å². The van der Waals surface area contributed by atoms with Crippen LogP contribution in [-0.4, -0.2) is 142 Å². The minimum atomic E-state index is -4.30. The lowest BCUT2D eigenvalue weighted by Gasteiger charge is -2.52. The number of Topliss-reactive ketones (excluding diaryl/α,β-unsaturated/α-hetero) is 1. The smallest absolute Gasteiger partial charge is 0.326 e. The fourth-order valence-corrected chi connectivity index (χ4v) is 6.39. The number of aliphatic hydroxyl groups excluding tert-OH is 1. The van der Waals surface area contributed by atoms with E-state index in [2.05, 4.69) is 5.32 Å². The molecule has 1 fully saturated rings. The van der Waals surface area contributed by atoms with E-state index in [4.69, 9.17) is 4.74 Å². The number of hydrogen-bond donors (Lipinski definition) is 17. The van der Waals surface area contributed by atoms with Crippen molar-refractivity contribution < 1.29 is 95.7 Å². The Bertz CT molecular complexity index is 1880. The van der Waals surface area contributed by atoms with E-state index in [1.807, 2.05) is 0 Å². The Morgan fingerprint density at radius 2 is 1.31 bits per heavy atom. The molecule has 4 unspecified atom stereocenters. The molecular formula is C36H45N3O19. The van der Waals surface area contributed by atoms with Gasteiger partial charge in [-0.2, -0.15) is 0 Å². The first-order valence-corrected chi connectivity index (χ1v) is 17.2. The molecule has 0 saturated carbocycles. The molecule has 3 aromatic carbocycles. The molecule has 58 heavy (non-hydrogen) atoms. The van der Waals surface area contributed by atoms with Crippen LogP contribution in [0.1, 0.15) is 42.0 Å². The molecule has 318 valence electrons. The quantitative estimate of drug-likeness (QED) is 0.0565. The molecule has 1 saturated heterocycles. The molecule has 4 rings (SSSR count). The summed E-state index contributed by atoms with van der Waals surface area (Å²) in [6, 6.07) is 12.5. The first-order valence-electron chi connectivity index (χ1n) is 17.2. The number of hydrogen-bond acceptors (Lipinski definition) is 19. The second-order valence-corrected chi connectivity index (χ2v) is 13.8. The number of nitrogens with one attached hydrogen (secondary N) is 2. The third-order valence-electron chi connectivity index (χ3n) is 9.50. The fraction of sp³-hybridized carbons (Fsp3) is 0.417. The second-order valence-electron chi connectivity index (χ2n) is 13.8. The minimum Gasteiger partial charge on any atom is -0.485 e. The topological polar surface area (TPSA) is 391 Å². The molecule has 0 aliphatic carbocycles. The largest absolute Gasteiger partial charge is 0.485 e. The number of urea groups is 1. The van der Waals surface area contributed by atoms with E-state index < -0.39 is 113 Å². The van der Waals surface area contributed by atoms with Crippen molar-refractivity contribution in [3.05, 3.63) is 101 Å². The molecular weight excluding hydrogens is 778 g/mol. The third kappa shape index (κ3) is 9.75. The Kier molecular flexibility index (Phi) is 13.4. The van der Waals surface area contributed by atoms with Gasteiger partial charge in [-0.05, 0) is 37.5 Å². The van der Waals surface area contributed by atoms with E-state index in [9.17, 15) is 91.0 Å². The number of para-hydroxylation sites is 1. The second kappa shape index (κ2) is 16.9. The fourth-order valence-electron chi connectivity index (χ4n) is 6.39. The van der Waals surface area contributed by atoms with Crippen molar-refractivity contribution in [1.82, 2.24) is 15.5 Å². The standard InChI is InChI=1S/C36H45N3O19/c1-19(39-30(43)38-35(54,55)34(52,53)36(39,56)57)29(42)37-22(15-20-9-4-2-5-10-20)16-27(41)26(31(44,45)21-11-6-3-7-12-21)17-23(40)18-58-28-24(32(46,47)48)13-8-14-25(28)33(49,50)51/h2-14,19,22,26-27,41,44-57H,15-18H2,1H3,(H,37,42)(H,38,43). The maximum Gasteiger partial charge on any atom is 0.326 e. The maximum absolute atomic E-state index is 13.6. The summed E-state index contributed by atoms with van der Waals surface area (Å²) in [5.74, 6) is -28.1. The molecule has 4 atom stereocenters. The van der Waals surface area contributed by atoms with Gasteiger partial charge in [0.15, 0.2) is 11.6 Å². The zero-order valence-corrected chi connectivity index (χ0v) is 30.4. The van der Waals surface area contributed by atoms with E-state index in [1.54, 1.807) is 30.3 Å². The first kappa shape index (κ1) is 46.0. The summed E-state index contributed by atoms with van der Waals surface area (Å²) in [5.41, 5.74) is -1.63. The summed E-state index contributed by atoms with van der Waals surface area (Å²) in [6.07, 6.45) is -3.72. The summed E-state index contributed by atoms with van der Waals surface area (Å²) < 4.78 is 5.28. The summed E-state index contributed by atoms with van der Waals surface area (Å²) >= 11 is 0.